The van der Waals surface area contributed by atoms with Crippen molar-refractivity contribution < 1.29 is 0 Å². The summed E-state index contributed by atoms with van der Waals surface area (Å²) in [7, 11) is 0. The molecule has 0 nitrogen and oxygen atoms in total. The molecule has 0 heteroatoms. The Morgan fingerprint density at radius 1 is 0.800 bits per heavy atom. The van der Waals surface area contributed by atoms with E-state index in [1.54, 1.807) is 11.1 Å². The maximum absolute atomic E-state index is 2.27. The van der Waals surface area contributed by atoms with Gasteiger partial charge in [-0.2, -0.15) is 0 Å². The lowest BCUT2D eigenvalue weighted by Gasteiger charge is -2.22. The predicted octanol–water partition coefficient (Wildman–Crippen LogP) is 3.38. The third-order valence-electron chi connectivity index (χ3n) is 3.25. The first kappa shape index (κ1) is 8.72. The Balaban J connectivity index is 1.92. The standard InChI is InChI=1S/C15H14/c1-2-5-12(6-3-1)11-14-8-4-7-13-9-10-15(13)14/h1-8H,9-11H2. The monoisotopic (exact) mass is 194 g/mol. The summed E-state index contributed by atoms with van der Waals surface area (Å²) in [5.41, 5.74) is 6.09. The summed E-state index contributed by atoms with van der Waals surface area (Å²) in [5, 5.41) is 0. The fraction of sp³-hybridized carbons (Fsp3) is 0.200. The molecular formula is C15H14. The highest BCUT2D eigenvalue weighted by Gasteiger charge is 2.15. The molecule has 0 aromatic heterocycles. The van der Waals surface area contributed by atoms with Crippen LogP contribution in [0.5, 0.6) is 0 Å². The van der Waals surface area contributed by atoms with Crippen LogP contribution >= 0.6 is 0 Å². The van der Waals surface area contributed by atoms with Crippen LogP contribution < -0.4 is 0 Å². The molecule has 0 fully saturated rings. The number of rotatable bonds is 2. The summed E-state index contributed by atoms with van der Waals surface area (Å²) >= 11 is 0. The van der Waals surface area contributed by atoms with Crippen LogP contribution in [0.1, 0.15) is 22.3 Å². The molecule has 15 heavy (non-hydrogen) atoms. The Morgan fingerprint density at radius 3 is 2.40 bits per heavy atom. The molecule has 0 amide bonds. The smallest absolute Gasteiger partial charge is 0.00229 e. The largest absolute Gasteiger partial charge is 0.0622 e. The van der Waals surface area contributed by atoms with Crippen molar-refractivity contribution in [3.63, 3.8) is 0 Å². The van der Waals surface area contributed by atoms with Crippen LogP contribution in [-0.2, 0) is 19.3 Å². The average molecular weight is 194 g/mol. The maximum atomic E-state index is 2.27. The molecule has 0 spiro atoms. The van der Waals surface area contributed by atoms with Crippen molar-refractivity contribution in [2.24, 2.45) is 0 Å². The Labute approximate surface area is 90.6 Å². The van der Waals surface area contributed by atoms with E-state index in [9.17, 15) is 0 Å². The van der Waals surface area contributed by atoms with Gasteiger partial charge in [0, 0.05) is 0 Å². The van der Waals surface area contributed by atoms with Crippen LogP contribution in [0, 0.1) is 0 Å². The number of benzene rings is 2. The second-order valence-electron chi connectivity index (χ2n) is 4.22. The molecule has 0 radical (unpaired) electrons. The first-order chi connectivity index (χ1) is 7.43. The second-order valence-corrected chi connectivity index (χ2v) is 4.22. The molecule has 0 N–H and O–H groups in total. The zero-order valence-corrected chi connectivity index (χ0v) is 8.74. The third-order valence-corrected chi connectivity index (χ3v) is 3.25. The molecule has 3 rings (SSSR count). The summed E-state index contributed by atoms with van der Waals surface area (Å²) < 4.78 is 0. The molecular weight excluding hydrogens is 180 g/mol. The molecule has 1 aliphatic carbocycles. The average Bonchev–Trinajstić information content (AvgIpc) is 2.22. The maximum Gasteiger partial charge on any atom is -0.00229 e. The molecule has 0 saturated carbocycles. The van der Waals surface area contributed by atoms with Gasteiger partial charge in [0.05, 0.1) is 0 Å². The van der Waals surface area contributed by atoms with Gasteiger partial charge in [-0.25, -0.2) is 0 Å². The van der Waals surface area contributed by atoms with Crippen LogP contribution in [0.3, 0.4) is 0 Å². The molecule has 2 aromatic rings. The topological polar surface area (TPSA) is 0 Å². The Hall–Kier alpha value is -1.56. The van der Waals surface area contributed by atoms with Crippen molar-refractivity contribution in [1.82, 2.24) is 0 Å². The summed E-state index contributed by atoms with van der Waals surface area (Å²) in [5.74, 6) is 0. The minimum absolute atomic E-state index is 1.09. The van der Waals surface area contributed by atoms with E-state index in [-0.39, 0.29) is 0 Å². The van der Waals surface area contributed by atoms with E-state index < -0.39 is 0 Å². The van der Waals surface area contributed by atoms with Crippen molar-refractivity contribution in [3.05, 3.63) is 70.8 Å². The van der Waals surface area contributed by atoms with Crippen LogP contribution in [0.4, 0.5) is 0 Å². The fourth-order valence-electron chi connectivity index (χ4n) is 2.31. The molecule has 74 valence electrons. The minimum atomic E-state index is 1.09. The minimum Gasteiger partial charge on any atom is -0.0622 e. The molecule has 0 atom stereocenters. The van der Waals surface area contributed by atoms with Gasteiger partial charge in [0.25, 0.3) is 0 Å². The van der Waals surface area contributed by atoms with Gasteiger partial charge in [0.2, 0.25) is 0 Å². The highest BCUT2D eigenvalue weighted by atomic mass is 14.2. The van der Waals surface area contributed by atoms with Gasteiger partial charge in [-0.3, -0.25) is 0 Å². The highest BCUT2D eigenvalue weighted by Crippen LogP contribution is 2.27. The number of aryl methyl sites for hydroxylation is 1. The van der Waals surface area contributed by atoms with E-state index in [0.717, 1.165) is 6.42 Å². The van der Waals surface area contributed by atoms with Crippen LogP contribution in [0.25, 0.3) is 0 Å². The van der Waals surface area contributed by atoms with Gasteiger partial charge in [0.1, 0.15) is 0 Å². The van der Waals surface area contributed by atoms with Crippen molar-refractivity contribution in [1.29, 1.82) is 0 Å². The zero-order chi connectivity index (χ0) is 10.1. The van der Waals surface area contributed by atoms with Gasteiger partial charge in [-0.1, -0.05) is 48.5 Å². The van der Waals surface area contributed by atoms with E-state index in [2.05, 4.69) is 48.5 Å². The summed E-state index contributed by atoms with van der Waals surface area (Å²) in [6.45, 7) is 0. The van der Waals surface area contributed by atoms with Crippen molar-refractivity contribution in [2.75, 3.05) is 0 Å². The number of fused-ring (bicyclic) bond motifs is 1. The Kier molecular flexibility index (Phi) is 2.06. The lowest BCUT2D eigenvalue weighted by molar-refractivity contribution is 0.819. The highest BCUT2D eigenvalue weighted by molar-refractivity contribution is 5.43. The molecule has 0 unspecified atom stereocenters. The van der Waals surface area contributed by atoms with Gasteiger partial charge in [-0.15, -0.1) is 0 Å². The quantitative estimate of drug-likeness (QED) is 0.687. The first-order valence-electron chi connectivity index (χ1n) is 5.57. The number of hydrogen-bond donors (Lipinski definition) is 0. The van der Waals surface area contributed by atoms with Crippen LogP contribution in [0.15, 0.2) is 48.5 Å². The fourth-order valence-corrected chi connectivity index (χ4v) is 2.31. The molecule has 0 aliphatic heterocycles. The predicted molar refractivity (Wildman–Crippen MR) is 63.1 cm³/mol. The summed E-state index contributed by atoms with van der Waals surface area (Å²) in [6, 6.07) is 17.4. The zero-order valence-electron chi connectivity index (χ0n) is 8.74. The molecule has 0 heterocycles. The first-order valence-corrected chi connectivity index (χ1v) is 5.57. The Morgan fingerprint density at radius 2 is 1.67 bits per heavy atom. The van der Waals surface area contributed by atoms with Crippen molar-refractivity contribution in [2.45, 2.75) is 19.3 Å². The van der Waals surface area contributed by atoms with Crippen LogP contribution in [-0.4, -0.2) is 0 Å². The van der Waals surface area contributed by atoms with Crippen LogP contribution in [0.2, 0.25) is 0 Å². The van der Waals surface area contributed by atoms with E-state index in [1.165, 1.54) is 24.0 Å². The lowest BCUT2D eigenvalue weighted by atomic mass is 9.83. The van der Waals surface area contributed by atoms with E-state index in [0.29, 0.717) is 0 Å². The van der Waals surface area contributed by atoms with Crippen molar-refractivity contribution in [3.8, 4) is 0 Å². The molecule has 0 bridgehead atoms. The second kappa shape index (κ2) is 3.54. The SMILES string of the molecule is c1ccc(Cc2cccc3c2CC3)cc1. The summed E-state index contributed by atoms with van der Waals surface area (Å²) in [4.78, 5) is 0. The molecule has 2 aromatic carbocycles. The normalized spacial score (nSPS) is 13.1. The van der Waals surface area contributed by atoms with E-state index >= 15 is 0 Å². The third kappa shape index (κ3) is 1.56. The Bertz CT molecular complexity index is 469. The molecule has 0 saturated heterocycles. The number of hydrogen-bond acceptors (Lipinski definition) is 0. The van der Waals surface area contributed by atoms with Gasteiger partial charge < -0.3 is 0 Å². The van der Waals surface area contributed by atoms with Gasteiger partial charge in [-0.05, 0) is 41.5 Å². The van der Waals surface area contributed by atoms with E-state index in [4.69, 9.17) is 0 Å². The van der Waals surface area contributed by atoms with E-state index in [1.807, 2.05) is 0 Å². The van der Waals surface area contributed by atoms with Gasteiger partial charge >= 0.3 is 0 Å². The lowest BCUT2D eigenvalue weighted by Crippen LogP contribution is -2.11. The summed E-state index contributed by atoms with van der Waals surface area (Å²) in [6.07, 6.45) is 3.64. The van der Waals surface area contributed by atoms with Crippen molar-refractivity contribution >= 4 is 0 Å². The molecule has 1 aliphatic rings. The van der Waals surface area contributed by atoms with Gasteiger partial charge in [0.15, 0.2) is 0 Å².